The Morgan fingerprint density at radius 1 is 1.11 bits per heavy atom. The molecule has 18 heavy (non-hydrogen) atoms. The minimum absolute atomic E-state index is 0.0576. The lowest BCUT2D eigenvalue weighted by Gasteiger charge is -2.25. The Balaban J connectivity index is 2.38. The van der Waals surface area contributed by atoms with Crippen molar-refractivity contribution in [2.75, 3.05) is 0 Å². The normalized spacial score (nSPS) is 17.9. The van der Waals surface area contributed by atoms with E-state index in [9.17, 15) is 13.2 Å². The van der Waals surface area contributed by atoms with E-state index < -0.39 is 11.7 Å². The van der Waals surface area contributed by atoms with Gasteiger partial charge in [0.05, 0.1) is 13.4 Å². The Hall–Kier alpha value is -0.925. The SMILES string of the molecule is [B]Cc1ccc(C2CCCCC2)c(C(F)(F)F)c1. The highest BCUT2D eigenvalue weighted by Gasteiger charge is 2.35. The van der Waals surface area contributed by atoms with Gasteiger partial charge in [-0.2, -0.15) is 13.2 Å². The molecule has 0 saturated heterocycles. The monoisotopic (exact) mass is 252 g/mol. The zero-order chi connectivity index (χ0) is 13.2. The molecule has 0 atom stereocenters. The van der Waals surface area contributed by atoms with E-state index in [2.05, 4.69) is 0 Å². The molecule has 1 saturated carbocycles. The summed E-state index contributed by atoms with van der Waals surface area (Å²) in [6.45, 7) is 0. The van der Waals surface area contributed by atoms with E-state index in [-0.39, 0.29) is 12.2 Å². The number of alkyl halides is 3. The Bertz CT molecular complexity index is 406. The predicted octanol–water partition coefficient (Wildman–Crippen LogP) is 4.42. The summed E-state index contributed by atoms with van der Waals surface area (Å²) >= 11 is 0. The number of benzene rings is 1. The van der Waals surface area contributed by atoms with Crippen molar-refractivity contribution in [3.05, 3.63) is 34.9 Å². The van der Waals surface area contributed by atoms with Gasteiger partial charge >= 0.3 is 6.18 Å². The minimum atomic E-state index is -4.28. The second-order valence-electron chi connectivity index (χ2n) is 4.96. The van der Waals surface area contributed by atoms with Crippen molar-refractivity contribution in [2.45, 2.75) is 50.5 Å². The molecule has 0 unspecified atom stereocenters. The van der Waals surface area contributed by atoms with Gasteiger partial charge in [0.2, 0.25) is 0 Å². The van der Waals surface area contributed by atoms with Gasteiger partial charge in [0, 0.05) is 0 Å². The molecule has 2 radical (unpaired) electrons. The van der Waals surface area contributed by atoms with Crippen molar-refractivity contribution in [2.24, 2.45) is 0 Å². The van der Waals surface area contributed by atoms with Crippen LogP contribution in [0.4, 0.5) is 13.2 Å². The highest BCUT2D eigenvalue weighted by Crippen LogP contribution is 2.40. The molecule has 0 N–H and O–H groups in total. The Labute approximate surface area is 107 Å². The standard InChI is InChI=1S/C14H16BF3/c15-9-10-6-7-12(11-4-2-1-3-5-11)13(8-10)14(16,17)18/h6-8,11H,1-5,9H2. The average molecular weight is 252 g/mol. The van der Waals surface area contributed by atoms with Crippen LogP contribution in [0, 0.1) is 0 Å². The van der Waals surface area contributed by atoms with Crippen LogP contribution in [0.15, 0.2) is 18.2 Å². The first kappa shape index (κ1) is 13.5. The number of halogens is 3. The number of hydrogen-bond donors (Lipinski definition) is 0. The van der Waals surface area contributed by atoms with Gasteiger partial charge in [-0.3, -0.25) is 0 Å². The van der Waals surface area contributed by atoms with Crippen molar-refractivity contribution < 1.29 is 13.2 Å². The molecule has 0 amide bonds. The average Bonchev–Trinajstić information content (AvgIpc) is 2.38. The van der Waals surface area contributed by atoms with E-state index in [4.69, 9.17) is 7.85 Å². The summed E-state index contributed by atoms with van der Waals surface area (Å²) in [4.78, 5) is 0. The molecule has 0 heterocycles. The van der Waals surface area contributed by atoms with Crippen LogP contribution < -0.4 is 0 Å². The lowest BCUT2D eigenvalue weighted by molar-refractivity contribution is -0.138. The maximum absolute atomic E-state index is 13.1. The van der Waals surface area contributed by atoms with Crippen molar-refractivity contribution in [3.8, 4) is 0 Å². The van der Waals surface area contributed by atoms with Crippen LogP contribution in [-0.2, 0) is 12.5 Å². The summed E-state index contributed by atoms with van der Waals surface area (Å²) < 4.78 is 39.2. The maximum Gasteiger partial charge on any atom is 0.416 e. The third-order valence-corrected chi connectivity index (χ3v) is 3.70. The van der Waals surface area contributed by atoms with Gasteiger partial charge in [-0.25, -0.2) is 0 Å². The van der Waals surface area contributed by atoms with Gasteiger partial charge in [0.1, 0.15) is 0 Å². The largest absolute Gasteiger partial charge is 0.416 e. The summed E-state index contributed by atoms with van der Waals surface area (Å²) in [6, 6.07) is 4.56. The second-order valence-corrected chi connectivity index (χ2v) is 4.96. The summed E-state index contributed by atoms with van der Waals surface area (Å²) in [5, 5.41) is 0. The van der Waals surface area contributed by atoms with Crippen LogP contribution in [0.3, 0.4) is 0 Å². The highest BCUT2D eigenvalue weighted by atomic mass is 19.4. The molecule has 2 rings (SSSR count). The summed E-state index contributed by atoms with van der Waals surface area (Å²) in [7, 11) is 5.42. The molecule has 1 aromatic carbocycles. The van der Waals surface area contributed by atoms with Crippen LogP contribution in [0.1, 0.15) is 54.7 Å². The van der Waals surface area contributed by atoms with E-state index in [0.29, 0.717) is 11.1 Å². The first-order valence-corrected chi connectivity index (χ1v) is 6.42. The molecule has 0 nitrogen and oxygen atoms in total. The molecule has 1 aromatic rings. The van der Waals surface area contributed by atoms with Gasteiger partial charge in [0.25, 0.3) is 0 Å². The molecule has 1 fully saturated rings. The number of hydrogen-bond acceptors (Lipinski definition) is 0. The van der Waals surface area contributed by atoms with Crippen LogP contribution in [0.25, 0.3) is 0 Å². The Morgan fingerprint density at radius 2 is 1.78 bits per heavy atom. The molecule has 1 aliphatic rings. The third kappa shape index (κ3) is 2.90. The van der Waals surface area contributed by atoms with Crippen molar-refractivity contribution >= 4 is 7.85 Å². The smallest absolute Gasteiger partial charge is 0.166 e. The second kappa shape index (κ2) is 5.37. The summed E-state index contributed by atoms with van der Waals surface area (Å²) in [6.07, 6.45) is 0.794. The lowest BCUT2D eigenvalue weighted by atomic mass is 9.81. The molecule has 0 bridgehead atoms. The molecule has 0 aromatic heterocycles. The first-order valence-electron chi connectivity index (χ1n) is 6.42. The van der Waals surface area contributed by atoms with Gasteiger partial charge in [-0.05, 0) is 30.4 Å². The van der Waals surface area contributed by atoms with Crippen LogP contribution in [-0.4, -0.2) is 7.85 Å². The van der Waals surface area contributed by atoms with Crippen LogP contribution >= 0.6 is 0 Å². The van der Waals surface area contributed by atoms with Crippen LogP contribution in [0.5, 0.6) is 0 Å². The quantitative estimate of drug-likeness (QED) is 0.683. The molecule has 4 heteroatoms. The summed E-state index contributed by atoms with van der Waals surface area (Å²) in [5.41, 5.74) is 0.513. The zero-order valence-electron chi connectivity index (χ0n) is 10.3. The Morgan fingerprint density at radius 3 is 2.33 bits per heavy atom. The molecule has 0 spiro atoms. The van der Waals surface area contributed by atoms with E-state index in [1.54, 1.807) is 12.1 Å². The molecule has 0 aliphatic heterocycles. The molecular formula is C14H16BF3. The zero-order valence-corrected chi connectivity index (χ0v) is 10.3. The van der Waals surface area contributed by atoms with E-state index in [1.807, 2.05) is 0 Å². The number of rotatable bonds is 2. The Kier molecular flexibility index (Phi) is 4.03. The van der Waals surface area contributed by atoms with Gasteiger partial charge in [0.15, 0.2) is 0 Å². The van der Waals surface area contributed by atoms with Gasteiger partial charge in [-0.15, -0.1) is 0 Å². The third-order valence-electron chi connectivity index (χ3n) is 3.70. The van der Waals surface area contributed by atoms with E-state index >= 15 is 0 Å². The molecule has 1 aliphatic carbocycles. The fraction of sp³-hybridized carbons (Fsp3) is 0.571. The van der Waals surface area contributed by atoms with Crippen molar-refractivity contribution in [3.63, 3.8) is 0 Å². The van der Waals surface area contributed by atoms with E-state index in [0.717, 1.165) is 32.1 Å². The van der Waals surface area contributed by atoms with E-state index in [1.165, 1.54) is 6.07 Å². The summed E-state index contributed by atoms with van der Waals surface area (Å²) in [5.74, 6) is 0.0576. The molecule has 96 valence electrons. The van der Waals surface area contributed by atoms with Gasteiger partial charge in [-0.1, -0.05) is 43.3 Å². The predicted molar refractivity (Wildman–Crippen MR) is 66.7 cm³/mol. The topological polar surface area (TPSA) is 0 Å². The van der Waals surface area contributed by atoms with Crippen molar-refractivity contribution in [1.29, 1.82) is 0 Å². The first-order chi connectivity index (χ1) is 8.52. The highest BCUT2D eigenvalue weighted by molar-refractivity contribution is 6.08. The maximum atomic E-state index is 13.1. The van der Waals surface area contributed by atoms with Crippen LogP contribution in [0.2, 0.25) is 0 Å². The van der Waals surface area contributed by atoms with Gasteiger partial charge < -0.3 is 0 Å². The van der Waals surface area contributed by atoms with Crippen molar-refractivity contribution in [1.82, 2.24) is 0 Å². The minimum Gasteiger partial charge on any atom is -0.166 e. The molecular weight excluding hydrogens is 236 g/mol. The lowest BCUT2D eigenvalue weighted by Crippen LogP contribution is -2.14. The fourth-order valence-corrected chi connectivity index (χ4v) is 2.75. The fourth-order valence-electron chi connectivity index (χ4n) is 2.75.